The van der Waals surface area contributed by atoms with Crippen LogP contribution in [-0.2, 0) is 12.8 Å². The summed E-state index contributed by atoms with van der Waals surface area (Å²) in [5, 5.41) is 13.1. The molecular weight excluding hydrogens is 384 g/mol. The fraction of sp³-hybridized carbons (Fsp3) is 0.364. The molecule has 0 saturated heterocycles. The number of aliphatic hydroxyl groups excluding tert-OH is 1. The maximum absolute atomic E-state index is 13.0. The SMILES string of the molecule is COc1cccc(C2CCc3c(cnn(-c4ncc(OCCO)cn4)c3=O)C2)c1C. The van der Waals surface area contributed by atoms with Gasteiger partial charge in [0.05, 0.1) is 32.3 Å². The van der Waals surface area contributed by atoms with Crippen LogP contribution in [0.15, 0.2) is 41.6 Å². The Hall–Kier alpha value is -3.26. The van der Waals surface area contributed by atoms with Crippen molar-refractivity contribution in [3.05, 3.63) is 69.4 Å². The van der Waals surface area contributed by atoms with E-state index in [1.807, 2.05) is 12.1 Å². The van der Waals surface area contributed by atoms with Gasteiger partial charge in [-0.2, -0.15) is 9.78 Å². The second-order valence-corrected chi connectivity index (χ2v) is 7.27. The van der Waals surface area contributed by atoms with E-state index >= 15 is 0 Å². The van der Waals surface area contributed by atoms with Crippen molar-refractivity contribution in [3.63, 3.8) is 0 Å². The maximum atomic E-state index is 13.0. The average Bonchev–Trinajstić information content (AvgIpc) is 2.78. The molecule has 0 spiro atoms. The van der Waals surface area contributed by atoms with Crippen molar-refractivity contribution >= 4 is 0 Å². The first-order chi connectivity index (χ1) is 14.6. The van der Waals surface area contributed by atoms with Gasteiger partial charge in [0.25, 0.3) is 11.5 Å². The highest BCUT2D eigenvalue weighted by Crippen LogP contribution is 2.35. The molecule has 0 fully saturated rings. The van der Waals surface area contributed by atoms with Gasteiger partial charge in [0, 0.05) is 5.56 Å². The van der Waals surface area contributed by atoms with Crippen LogP contribution in [0.3, 0.4) is 0 Å². The summed E-state index contributed by atoms with van der Waals surface area (Å²) in [6.45, 7) is 2.14. The minimum Gasteiger partial charge on any atom is -0.496 e. The van der Waals surface area contributed by atoms with Crippen molar-refractivity contribution in [1.29, 1.82) is 0 Å². The number of ether oxygens (including phenoxy) is 2. The first kappa shape index (κ1) is 20.0. The minimum absolute atomic E-state index is 0.0934. The summed E-state index contributed by atoms with van der Waals surface area (Å²) in [6, 6.07) is 6.12. The van der Waals surface area contributed by atoms with E-state index in [9.17, 15) is 4.79 Å². The molecule has 0 bridgehead atoms. The third kappa shape index (κ3) is 3.78. The number of hydrogen-bond donors (Lipinski definition) is 1. The van der Waals surface area contributed by atoms with E-state index in [2.05, 4.69) is 28.1 Å². The number of aliphatic hydroxyl groups is 1. The Labute approximate surface area is 174 Å². The largest absolute Gasteiger partial charge is 0.496 e. The molecule has 0 amide bonds. The van der Waals surface area contributed by atoms with Crippen molar-refractivity contribution in [3.8, 4) is 17.4 Å². The highest BCUT2D eigenvalue weighted by Gasteiger charge is 2.25. The van der Waals surface area contributed by atoms with E-state index in [1.54, 1.807) is 13.3 Å². The smallest absolute Gasteiger partial charge is 0.277 e. The van der Waals surface area contributed by atoms with Crippen LogP contribution in [0.2, 0.25) is 0 Å². The molecule has 1 N–H and O–H groups in total. The van der Waals surface area contributed by atoms with E-state index < -0.39 is 0 Å². The molecule has 2 aromatic heterocycles. The fourth-order valence-electron chi connectivity index (χ4n) is 4.01. The summed E-state index contributed by atoms with van der Waals surface area (Å²) in [6.07, 6.45) is 7.00. The molecule has 1 aliphatic carbocycles. The van der Waals surface area contributed by atoms with Gasteiger partial charge in [-0.1, -0.05) is 12.1 Å². The Morgan fingerprint density at radius 1 is 1.23 bits per heavy atom. The van der Waals surface area contributed by atoms with E-state index in [0.29, 0.717) is 18.1 Å². The zero-order valence-electron chi connectivity index (χ0n) is 17.0. The molecule has 1 atom stereocenters. The molecule has 0 radical (unpaired) electrons. The van der Waals surface area contributed by atoms with Crippen LogP contribution >= 0.6 is 0 Å². The van der Waals surface area contributed by atoms with Crippen molar-refractivity contribution in [2.75, 3.05) is 20.3 Å². The molecule has 1 aliphatic rings. The second-order valence-electron chi connectivity index (χ2n) is 7.27. The molecule has 30 heavy (non-hydrogen) atoms. The van der Waals surface area contributed by atoms with Gasteiger partial charge in [0.2, 0.25) is 0 Å². The topological polar surface area (TPSA) is 99.4 Å². The highest BCUT2D eigenvalue weighted by molar-refractivity contribution is 5.43. The van der Waals surface area contributed by atoms with E-state index in [-0.39, 0.29) is 24.7 Å². The summed E-state index contributed by atoms with van der Waals surface area (Å²) < 4.78 is 11.9. The molecule has 1 unspecified atom stereocenters. The number of aromatic nitrogens is 4. The van der Waals surface area contributed by atoms with Crippen LogP contribution in [0, 0.1) is 6.92 Å². The van der Waals surface area contributed by atoms with Gasteiger partial charge in [0.15, 0.2) is 5.75 Å². The highest BCUT2D eigenvalue weighted by atomic mass is 16.5. The first-order valence-corrected chi connectivity index (χ1v) is 9.92. The van der Waals surface area contributed by atoms with Gasteiger partial charge >= 0.3 is 0 Å². The Morgan fingerprint density at radius 2 is 2.03 bits per heavy atom. The minimum atomic E-state index is -0.183. The number of rotatable bonds is 6. The van der Waals surface area contributed by atoms with Crippen molar-refractivity contribution in [2.24, 2.45) is 0 Å². The number of nitrogens with zero attached hydrogens (tertiary/aromatic N) is 4. The molecule has 8 nitrogen and oxygen atoms in total. The van der Waals surface area contributed by atoms with Crippen LogP contribution < -0.4 is 15.0 Å². The summed E-state index contributed by atoms with van der Waals surface area (Å²) in [7, 11) is 1.68. The predicted octanol–water partition coefficient (Wildman–Crippen LogP) is 1.98. The van der Waals surface area contributed by atoms with Gasteiger partial charge < -0.3 is 14.6 Å². The van der Waals surface area contributed by atoms with Gasteiger partial charge in [-0.25, -0.2) is 9.97 Å². The lowest BCUT2D eigenvalue weighted by Crippen LogP contribution is -2.30. The quantitative estimate of drug-likeness (QED) is 0.666. The lowest BCUT2D eigenvalue weighted by Gasteiger charge is -2.26. The molecule has 156 valence electrons. The Morgan fingerprint density at radius 3 is 2.77 bits per heavy atom. The van der Waals surface area contributed by atoms with E-state index in [1.165, 1.54) is 22.6 Å². The summed E-state index contributed by atoms with van der Waals surface area (Å²) >= 11 is 0. The van der Waals surface area contributed by atoms with Crippen molar-refractivity contribution in [1.82, 2.24) is 19.7 Å². The summed E-state index contributed by atoms with van der Waals surface area (Å²) in [5.41, 5.74) is 3.96. The third-order valence-corrected chi connectivity index (χ3v) is 5.53. The van der Waals surface area contributed by atoms with Gasteiger partial charge in [-0.3, -0.25) is 4.79 Å². The average molecular weight is 408 g/mol. The van der Waals surface area contributed by atoms with Crippen molar-refractivity contribution < 1.29 is 14.6 Å². The molecule has 1 aromatic carbocycles. The normalized spacial score (nSPS) is 15.5. The molecule has 4 rings (SSSR count). The lowest BCUT2D eigenvalue weighted by atomic mass is 9.79. The number of benzene rings is 1. The van der Waals surface area contributed by atoms with E-state index in [0.717, 1.165) is 35.3 Å². The molecule has 0 saturated carbocycles. The Kier molecular flexibility index (Phi) is 5.76. The number of hydrogen-bond acceptors (Lipinski definition) is 7. The van der Waals surface area contributed by atoms with Crippen molar-refractivity contribution in [2.45, 2.75) is 32.1 Å². The van der Waals surface area contributed by atoms with Crippen LogP contribution in [0.4, 0.5) is 0 Å². The van der Waals surface area contributed by atoms with Crippen LogP contribution in [-0.4, -0.2) is 45.2 Å². The lowest BCUT2D eigenvalue weighted by molar-refractivity contribution is 0.200. The zero-order chi connectivity index (χ0) is 21.1. The molecular formula is C22H24N4O4. The molecule has 3 aromatic rings. The summed E-state index contributed by atoms with van der Waals surface area (Å²) in [4.78, 5) is 21.4. The zero-order valence-corrected chi connectivity index (χ0v) is 17.0. The van der Waals surface area contributed by atoms with Crippen LogP contribution in [0.1, 0.15) is 34.6 Å². The number of fused-ring (bicyclic) bond motifs is 1. The van der Waals surface area contributed by atoms with Gasteiger partial charge in [-0.15, -0.1) is 0 Å². The first-order valence-electron chi connectivity index (χ1n) is 9.92. The third-order valence-electron chi connectivity index (χ3n) is 5.53. The fourth-order valence-corrected chi connectivity index (χ4v) is 4.01. The predicted molar refractivity (Wildman–Crippen MR) is 111 cm³/mol. The van der Waals surface area contributed by atoms with Gasteiger partial charge in [0.1, 0.15) is 12.4 Å². The van der Waals surface area contributed by atoms with E-state index in [4.69, 9.17) is 14.6 Å². The molecule has 2 heterocycles. The van der Waals surface area contributed by atoms with Crippen LogP contribution in [0.25, 0.3) is 5.95 Å². The second kappa shape index (κ2) is 8.62. The molecule has 0 aliphatic heterocycles. The Balaban J connectivity index is 1.60. The standard InChI is InChI=1S/C22H24N4O4/c1-14-18(4-3-5-20(14)29-2)15-6-7-19-16(10-15)11-25-26(21(19)28)22-23-12-17(13-24-22)30-9-8-27/h3-5,11-13,15,27H,6-10H2,1-2H3. The summed E-state index contributed by atoms with van der Waals surface area (Å²) in [5.74, 6) is 1.83. The van der Waals surface area contributed by atoms with Gasteiger partial charge in [-0.05, 0) is 54.9 Å². The Bertz CT molecular complexity index is 1100. The maximum Gasteiger partial charge on any atom is 0.277 e. The van der Waals surface area contributed by atoms with Crippen LogP contribution in [0.5, 0.6) is 11.5 Å². The molecule has 8 heteroatoms. The number of methoxy groups -OCH3 is 1. The monoisotopic (exact) mass is 408 g/mol.